The third-order valence-electron chi connectivity index (χ3n) is 10.4. The number of amides is 1. The van der Waals surface area contributed by atoms with Crippen LogP contribution in [0.5, 0.6) is 0 Å². The average Bonchev–Trinajstić information content (AvgIpc) is 3.19. The summed E-state index contributed by atoms with van der Waals surface area (Å²) in [6.07, 6.45) is 52.8. The zero-order valence-electron chi connectivity index (χ0n) is 36.8. The van der Waals surface area contributed by atoms with Crippen LogP contribution < -0.4 is 5.32 Å². The number of carbonyl (C=O) groups excluding carboxylic acids is 2. The molecule has 6 heteroatoms. The van der Waals surface area contributed by atoms with Crippen LogP contribution >= 0.6 is 0 Å². The molecule has 0 aliphatic heterocycles. The molecule has 0 saturated carbocycles. The highest BCUT2D eigenvalue weighted by Gasteiger charge is 2.24. The second-order valence-corrected chi connectivity index (χ2v) is 15.9. The summed E-state index contributed by atoms with van der Waals surface area (Å²) in [5, 5.41) is 23.7. The van der Waals surface area contributed by atoms with Crippen molar-refractivity contribution >= 4 is 11.9 Å². The number of aliphatic hydroxyl groups excluding tert-OH is 2. The number of rotatable bonds is 41. The van der Waals surface area contributed by atoms with Crippen LogP contribution in [0.4, 0.5) is 0 Å². The molecule has 3 atom stereocenters. The zero-order chi connectivity index (χ0) is 41.0. The Morgan fingerprint density at radius 3 is 1.55 bits per heavy atom. The second kappa shape index (κ2) is 43.7. The minimum Gasteiger partial charge on any atom is -0.462 e. The van der Waals surface area contributed by atoms with E-state index in [1.165, 1.54) is 89.9 Å². The predicted molar refractivity (Wildman–Crippen MR) is 241 cm³/mol. The summed E-state index contributed by atoms with van der Waals surface area (Å²) in [4.78, 5) is 26.0. The second-order valence-electron chi connectivity index (χ2n) is 15.9. The van der Waals surface area contributed by atoms with Crippen LogP contribution in [-0.2, 0) is 14.3 Å². The van der Waals surface area contributed by atoms with Crippen LogP contribution in [0.15, 0.2) is 60.8 Å². The van der Waals surface area contributed by atoms with Crippen molar-refractivity contribution in [3.8, 4) is 0 Å². The lowest BCUT2D eigenvalue weighted by Gasteiger charge is -2.24. The Hall–Kier alpha value is -2.44. The van der Waals surface area contributed by atoms with Gasteiger partial charge in [-0.3, -0.25) is 9.59 Å². The van der Waals surface area contributed by atoms with Crippen LogP contribution in [0.3, 0.4) is 0 Å². The summed E-state index contributed by atoms with van der Waals surface area (Å²) in [7, 11) is 0. The summed E-state index contributed by atoms with van der Waals surface area (Å²) in [5.41, 5.74) is 0. The van der Waals surface area contributed by atoms with Gasteiger partial charge in [-0.2, -0.15) is 0 Å². The fourth-order valence-corrected chi connectivity index (χ4v) is 6.85. The molecule has 0 rings (SSSR count). The molecule has 0 fully saturated rings. The maximum atomic E-state index is 13.1. The first-order valence-electron chi connectivity index (χ1n) is 23.6. The van der Waals surface area contributed by atoms with E-state index in [4.69, 9.17) is 4.74 Å². The largest absolute Gasteiger partial charge is 0.462 e. The third-order valence-corrected chi connectivity index (χ3v) is 10.4. The topological polar surface area (TPSA) is 95.9 Å². The fraction of sp³-hybridized carbons (Fsp3) is 0.760. The van der Waals surface area contributed by atoms with E-state index in [0.29, 0.717) is 19.3 Å². The molecule has 0 aliphatic carbocycles. The van der Waals surface area contributed by atoms with Crippen molar-refractivity contribution in [2.75, 3.05) is 6.61 Å². The van der Waals surface area contributed by atoms with Gasteiger partial charge in [-0.15, -0.1) is 0 Å². The number of nitrogens with one attached hydrogen (secondary N) is 1. The van der Waals surface area contributed by atoms with Gasteiger partial charge in [0.25, 0.3) is 0 Å². The van der Waals surface area contributed by atoms with Gasteiger partial charge >= 0.3 is 5.97 Å². The Morgan fingerprint density at radius 1 is 0.536 bits per heavy atom. The Bertz CT molecular complexity index is 1010. The number of aliphatic hydroxyl groups is 2. The molecule has 0 aromatic carbocycles. The maximum Gasteiger partial charge on any atom is 0.306 e. The van der Waals surface area contributed by atoms with Gasteiger partial charge < -0.3 is 20.3 Å². The quantitative estimate of drug-likeness (QED) is 0.0248. The summed E-state index contributed by atoms with van der Waals surface area (Å²) >= 11 is 0. The van der Waals surface area contributed by atoms with Gasteiger partial charge in [0, 0.05) is 6.42 Å². The van der Waals surface area contributed by atoms with Gasteiger partial charge in [0.15, 0.2) is 0 Å². The lowest BCUT2D eigenvalue weighted by Crippen LogP contribution is -2.46. The van der Waals surface area contributed by atoms with Crippen LogP contribution in [0.25, 0.3) is 0 Å². The molecule has 324 valence electrons. The molecule has 6 nitrogen and oxygen atoms in total. The number of hydrogen-bond acceptors (Lipinski definition) is 5. The highest BCUT2D eigenvalue weighted by molar-refractivity contribution is 5.77. The Kier molecular flexibility index (Phi) is 41.8. The van der Waals surface area contributed by atoms with E-state index in [9.17, 15) is 19.8 Å². The zero-order valence-corrected chi connectivity index (χ0v) is 36.8. The summed E-state index contributed by atoms with van der Waals surface area (Å²) < 4.78 is 5.87. The first-order valence-corrected chi connectivity index (χ1v) is 23.6. The minimum absolute atomic E-state index is 0.0491. The SMILES string of the molecule is CC/C=C/C=C/C=C\C=C/CCCCCC(=O)OC(CCCCC/C=C\CCCCC)CC(=O)NC(CO)C(O)CCCCCCCCCCCCCCCC. The lowest BCUT2D eigenvalue weighted by atomic mass is 10.0. The molecule has 0 aromatic heterocycles. The molecular weight excluding hydrogens is 695 g/mol. The predicted octanol–water partition coefficient (Wildman–Crippen LogP) is 13.7. The van der Waals surface area contributed by atoms with Crippen LogP contribution in [0, 0.1) is 0 Å². The van der Waals surface area contributed by atoms with E-state index in [-0.39, 0.29) is 24.9 Å². The van der Waals surface area contributed by atoms with E-state index in [1.807, 2.05) is 30.4 Å². The maximum absolute atomic E-state index is 13.1. The summed E-state index contributed by atoms with van der Waals surface area (Å²) in [6, 6.07) is -0.714. The molecule has 3 unspecified atom stereocenters. The van der Waals surface area contributed by atoms with Gasteiger partial charge in [-0.1, -0.05) is 197 Å². The molecule has 0 radical (unpaired) electrons. The average molecular weight is 784 g/mol. The number of ether oxygens (including phenoxy) is 1. The molecule has 0 bridgehead atoms. The first-order chi connectivity index (χ1) is 27.5. The molecular formula is C50H89NO5. The van der Waals surface area contributed by atoms with Crippen molar-refractivity contribution in [3.05, 3.63) is 60.8 Å². The van der Waals surface area contributed by atoms with E-state index < -0.39 is 18.2 Å². The Morgan fingerprint density at radius 2 is 0.982 bits per heavy atom. The van der Waals surface area contributed by atoms with Crippen LogP contribution in [0.2, 0.25) is 0 Å². The summed E-state index contributed by atoms with van der Waals surface area (Å²) in [5.74, 6) is -0.539. The van der Waals surface area contributed by atoms with Gasteiger partial charge in [-0.25, -0.2) is 0 Å². The van der Waals surface area contributed by atoms with E-state index >= 15 is 0 Å². The van der Waals surface area contributed by atoms with Crippen molar-refractivity contribution in [2.45, 2.75) is 238 Å². The number of hydrogen-bond donors (Lipinski definition) is 3. The Balaban J connectivity index is 4.60. The van der Waals surface area contributed by atoms with Crippen molar-refractivity contribution < 1.29 is 24.5 Å². The molecule has 0 spiro atoms. The van der Waals surface area contributed by atoms with E-state index in [2.05, 4.69) is 56.5 Å². The molecule has 0 heterocycles. The first kappa shape index (κ1) is 53.6. The number of esters is 1. The van der Waals surface area contributed by atoms with Crippen molar-refractivity contribution in [3.63, 3.8) is 0 Å². The van der Waals surface area contributed by atoms with Gasteiger partial charge in [-0.05, 0) is 70.6 Å². The standard InChI is InChI=1S/C50H89NO5/c1-4-7-10-13-16-19-22-24-26-27-30-33-36-39-42-48(53)47(45-52)51-49(54)44-46(41-38-35-32-29-21-18-15-12-9-6-3)56-50(55)43-40-37-34-31-28-25-23-20-17-14-11-8-5-2/h8,11,14,17-18,20-21,23,25,28,46-48,52-53H,4-7,9-10,12-13,15-16,19,22,24,26-27,29-45H2,1-3H3,(H,51,54)/b11-8+,17-14+,21-18-,23-20-,28-25-. The summed E-state index contributed by atoms with van der Waals surface area (Å²) in [6.45, 7) is 6.29. The molecule has 0 aromatic rings. The lowest BCUT2D eigenvalue weighted by molar-refractivity contribution is -0.151. The van der Waals surface area contributed by atoms with Crippen molar-refractivity contribution in [2.24, 2.45) is 0 Å². The molecule has 3 N–H and O–H groups in total. The van der Waals surface area contributed by atoms with Crippen molar-refractivity contribution in [1.29, 1.82) is 0 Å². The number of allylic oxidation sites excluding steroid dienone is 10. The molecule has 0 aliphatic rings. The Labute approximate surface area is 346 Å². The highest BCUT2D eigenvalue weighted by atomic mass is 16.5. The van der Waals surface area contributed by atoms with Crippen LogP contribution in [-0.4, -0.2) is 46.9 Å². The van der Waals surface area contributed by atoms with Gasteiger partial charge in [0.2, 0.25) is 5.91 Å². The minimum atomic E-state index is -0.798. The van der Waals surface area contributed by atoms with Crippen LogP contribution in [0.1, 0.15) is 220 Å². The van der Waals surface area contributed by atoms with E-state index in [0.717, 1.165) is 83.5 Å². The fourth-order valence-electron chi connectivity index (χ4n) is 6.85. The van der Waals surface area contributed by atoms with E-state index in [1.54, 1.807) is 0 Å². The van der Waals surface area contributed by atoms with Crippen molar-refractivity contribution in [1.82, 2.24) is 5.32 Å². The van der Waals surface area contributed by atoms with Gasteiger partial charge in [0.1, 0.15) is 6.10 Å². The smallest absolute Gasteiger partial charge is 0.306 e. The molecule has 1 amide bonds. The highest BCUT2D eigenvalue weighted by Crippen LogP contribution is 2.17. The monoisotopic (exact) mass is 784 g/mol. The number of carbonyl (C=O) groups is 2. The third kappa shape index (κ3) is 38.4. The molecule has 56 heavy (non-hydrogen) atoms. The molecule has 0 saturated heterocycles. The normalized spacial score (nSPS) is 13.9. The number of unbranched alkanes of at least 4 members (excludes halogenated alkanes) is 22. The van der Waals surface area contributed by atoms with Gasteiger partial charge in [0.05, 0.1) is 25.2 Å².